The molecule has 0 aliphatic rings. The van der Waals surface area contributed by atoms with Crippen LogP contribution >= 0.6 is 0 Å². The van der Waals surface area contributed by atoms with Crippen molar-refractivity contribution in [3.63, 3.8) is 0 Å². The molecule has 0 amide bonds. The average molecular weight is 334 g/mol. The molecule has 0 fully saturated rings. The number of para-hydroxylation sites is 3. The zero-order valence-corrected chi connectivity index (χ0v) is 14.9. The standard InChI is InChI=1S/C20H23N3Si/c1-2-24(21-18-12-6-3-7-13-18,22-19-14-8-4-9-15-19)23-20-16-10-5-11-17-20/h3-17,21-23H,2H2,1H3. The molecule has 0 atom stereocenters. The Bertz CT molecular complexity index is 631. The van der Waals surface area contributed by atoms with E-state index in [0.717, 1.165) is 23.1 Å². The second kappa shape index (κ2) is 7.70. The van der Waals surface area contributed by atoms with Crippen LogP contribution in [0.15, 0.2) is 91.0 Å². The summed E-state index contributed by atoms with van der Waals surface area (Å²) in [6.45, 7) is 2.22. The van der Waals surface area contributed by atoms with Crippen LogP contribution in [0.3, 0.4) is 0 Å². The number of benzene rings is 3. The van der Waals surface area contributed by atoms with E-state index in [1.165, 1.54) is 0 Å². The average Bonchev–Trinajstić information content (AvgIpc) is 2.64. The Morgan fingerprint density at radius 2 is 0.833 bits per heavy atom. The van der Waals surface area contributed by atoms with Gasteiger partial charge in [-0.2, -0.15) is 0 Å². The number of nitrogens with one attached hydrogen (secondary N) is 3. The summed E-state index contributed by atoms with van der Waals surface area (Å²) in [7, 11) is -2.24. The van der Waals surface area contributed by atoms with Gasteiger partial charge in [0.1, 0.15) is 0 Å². The van der Waals surface area contributed by atoms with Crippen LogP contribution in [-0.4, -0.2) is 8.56 Å². The minimum atomic E-state index is -2.24. The highest BCUT2D eigenvalue weighted by molar-refractivity contribution is 6.88. The molecule has 3 nitrogen and oxygen atoms in total. The monoisotopic (exact) mass is 333 g/mol. The maximum atomic E-state index is 3.76. The van der Waals surface area contributed by atoms with E-state index < -0.39 is 8.56 Å². The molecule has 122 valence electrons. The Labute approximate surface area is 145 Å². The Kier molecular flexibility index (Phi) is 5.18. The maximum Gasteiger partial charge on any atom is 0.371 e. The molecule has 0 saturated carbocycles. The summed E-state index contributed by atoms with van der Waals surface area (Å²) in [6.07, 6.45) is 0. The highest BCUT2D eigenvalue weighted by Crippen LogP contribution is 2.21. The van der Waals surface area contributed by atoms with Gasteiger partial charge in [0.15, 0.2) is 0 Å². The van der Waals surface area contributed by atoms with Crippen molar-refractivity contribution in [1.29, 1.82) is 0 Å². The summed E-state index contributed by atoms with van der Waals surface area (Å²) < 4.78 is 0. The molecule has 0 bridgehead atoms. The molecule has 0 heterocycles. The van der Waals surface area contributed by atoms with Crippen LogP contribution in [0.5, 0.6) is 0 Å². The topological polar surface area (TPSA) is 36.1 Å². The van der Waals surface area contributed by atoms with E-state index in [9.17, 15) is 0 Å². The highest BCUT2D eigenvalue weighted by Gasteiger charge is 2.34. The number of hydrogen-bond donors (Lipinski definition) is 3. The Hall–Kier alpha value is -2.72. The van der Waals surface area contributed by atoms with Gasteiger partial charge in [0, 0.05) is 17.1 Å². The van der Waals surface area contributed by atoms with Crippen LogP contribution in [0.4, 0.5) is 17.1 Å². The van der Waals surface area contributed by atoms with Crippen molar-refractivity contribution in [2.75, 3.05) is 14.9 Å². The van der Waals surface area contributed by atoms with Crippen LogP contribution < -0.4 is 14.9 Å². The molecule has 0 saturated heterocycles. The van der Waals surface area contributed by atoms with E-state index in [2.05, 4.69) is 94.7 Å². The molecule has 0 aromatic heterocycles. The van der Waals surface area contributed by atoms with Crippen molar-refractivity contribution in [3.8, 4) is 0 Å². The van der Waals surface area contributed by atoms with Gasteiger partial charge in [0.2, 0.25) is 0 Å². The molecule has 3 aromatic rings. The molecule has 0 spiro atoms. The number of hydrogen-bond acceptors (Lipinski definition) is 3. The zero-order valence-electron chi connectivity index (χ0n) is 13.9. The first kappa shape index (κ1) is 16.1. The molecule has 3 rings (SSSR count). The summed E-state index contributed by atoms with van der Waals surface area (Å²) in [5, 5.41) is 0. The quantitative estimate of drug-likeness (QED) is 0.515. The van der Waals surface area contributed by atoms with E-state index in [1.807, 2.05) is 18.2 Å². The smallest absolute Gasteiger partial charge is 0.371 e. The Morgan fingerprint density at radius 1 is 0.542 bits per heavy atom. The van der Waals surface area contributed by atoms with Crippen molar-refractivity contribution in [2.24, 2.45) is 0 Å². The molecular formula is C20H23N3Si. The van der Waals surface area contributed by atoms with Gasteiger partial charge >= 0.3 is 8.56 Å². The van der Waals surface area contributed by atoms with Gasteiger partial charge in [-0.15, -0.1) is 0 Å². The van der Waals surface area contributed by atoms with Gasteiger partial charge in [-0.05, 0) is 42.4 Å². The highest BCUT2D eigenvalue weighted by atomic mass is 28.4. The van der Waals surface area contributed by atoms with Crippen molar-refractivity contribution in [2.45, 2.75) is 13.0 Å². The lowest BCUT2D eigenvalue weighted by atomic mass is 10.3. The van der Waals surface area contributed by atoms with Crippen molar-refractivity contribution in [3.05, 3.63) is 91.0 Å². The van der Waals surface area contributed by atoms with Gasteiger partial charge in [0.25, 0.3) is 0 Å². The van der Waals surface area contributed by atoms with Crippen LogP contribution in [0.25, 0.3) is 0 Å². The van der Waals surface area contributed by atoms with Gasteiger partial charge < -0.3 is 14.9 Å². The van der Waals surface area contributed by atoms with Crippen LogP contribution in [0.1, 0.15) is 6.92 Å². The minimum absolute atomic E-state index is 0.978. The summed E-state index contributed by atoms with van der Waals surface area (Å²) in [5.74, 6) is 0. The van der Waals surface area contributed by atoms with Crippen LogP contribution in [0.2, 0.25) is 6.04 Å². The Balaban J connectivity index is 1.91. The molecule has 0 radical (unpaired) electrons. The van der Waals surface area contributed by atoms with E-state index in [0.29, 0.717) is 0 Å². The number of rotatable bonds is 7. The van der Waals surface area contributed by atoms with Gasteiger partial charge in [0.05, 0.1) is 0 Å². The second-order valence-electron chi connectivity index (χ2n) is 5.73. The molecule has 4 heteroatoms. The molecule has 0 aliphatic heterocycles. The molecule has 3 aromatic carbocycles. The van der Waals surface area contributed by atoms with Crippen molar-refractivity contribution < 1.29 is 0 Å². The SMILES string of the molecule is CC[Si](Nc1ccccc1)(Nc1ccccc1)Nc1ccccc1. The lowest BCUT2D eigenvalue weighted by Gasteiger charge is -2.34. The fourth-order valence-electron chi connectivity index (χ4n) is 2.66. The normalized spacial score (nSPS) is 10.9. The fourth-order valence-corrected chi connectivity index (χ4v) is 5.36. The third-order valence-electron chi connectivity index (χ3n) is 3.92. The van der Waals surface area contributed by atoms with E-state index >= 15 is 0 Å². The largest absolute Gasteiger partial charge is 0.378 e. The first-order chi connectivity index (χ1) is 11.8. The van der Waals surface area contributed by atoms with Crippen LogP contribution in [0, 0.1) is 0 Å². The zero-order chi connectivity index (χ0) is 16.7. The third kappa shape index (κ3) is 4.17. The summed E-state index contributed by atoms with van der Waals surface area (Å²) >= 11 is 0. The predicted octanol–water partition coefficient (Wildman–Crippen LogP) is 5.28. The van der Waals surface area contributed by atoms with E-state index in [1.54, 1.807) is 0 Å². The summed E-state index contributed by atoms with van der Waals surface area (Å²) in [5.41, 5.74) is 3.37. The van der Waals surface area contributed by atoms with E-state index in [4.69, 9.17) is 0 Å². The molecule has 0 aliphatic carbocycles. The first-order valence-corrected chi connectivity index (χ1v) is 10.5. The van der Waals surface area contributed by atoms with Crippen LogP contribution in [-0.2, 0) is 0 Å². The molecule has 3 N–H and O–H groups in total. The predicted molar refractivity (Wildman–Crippen MR) is 106 cm³/mol. The van der Waals surface area contributed by atoms with Gasteiger partial charge in [-0.3, -0.25) is 0 Å². The second-order valence-corrected chi connectivity index (χ2v) is 9.00. The lowest BCUT2D eigenvalue weighted by molar-refractivity contribution is 1.31. The third-order valence-corrected chi connectivity index (χ3v) is 7.13. The van der Waals surface area contributed by atoms with Gasteiger partial charge in [-0.25, -0.2) is 0 Å². The number of anilines is 3. The first-order valence-electron chi connectivity index (χ1n) is 8.29. The molecule has 0 unspecified atom stereocenters. The van der Waals surface area contributed by atoms with Crippen molar-refractivity contribution >= 4 is 25.6 Å². The maximum absolute atomic E-state index is 3.76. The fraction of sp³-hybridized carbons (Fsp3) is 0.100. The van der Waals surface area contributed by atoms with Gasteiger partial charge in [-0.1, -0.05) is 61.5 Å². The molecular weight excluding hydrogens is 310 g/mol. The summed E-state index contributed by atoms with van der Waals surface area (Å²) in [6, 6.07) is 32.1. The molecule has 24 heavy (non-hydrogen) atoms. The lowest BCUT2D eigenvalue weighted by Crippen LogP contribution is -2.59. The summed E-state index contributed by atoms with van der Waals surface area (Å²) in [4.78, 5) is 11.3. The van der Waals surface area contributed by atoms with E-state index in [-0.39, 0.29) is 0 Å². The van der Waals surface area contributed by atoms with Crippen molar-refractivity contribution in [1.82, 2.24) is 0 Å². The Morgan fingerprint density at radius 3 is 1.08 bits per heavy atom. The minimum Gasteiger partial charge on any atom is -0.378 e.